The maximum atomic E-state index is 4.63. The first-order valence-corrected chi connectivity index (χ1v) is 8.91. The van der Waals surface area contributed by atoms with E-state index in [9.17, 15) is 0 Å². The van der Waals surface area contributed by atoms with Gasteiger partial charge in [0.25, 0.3) is 0 Å². The van der Waals surface area contributed by atoms with E-state index in [4.69, 9.17) is 0 Å². The fraction of sp³-hybridized carbons (Fsp3) is 0.400. The number of pyridine rings is 1. The van der Waals surface area contributed by atoms with E-state index in [-0.39, 0.29) is 6.04 Å². The molecule has 5 nitrogen and oxygen atoms in total. The van der Waals surface area contributed by atoms with Crippen LogP contribution in [0.15, 0.2) is 30.5 Å². The van der Waals surface area contributed by atoms with Crippen LogP contribution < -0.4 is 5.32 Å². The molecule has 0 bridgehead atoms. The summed E-state index contributed by atoms with van der Waals surface area (Å²) in [5.74, 6) is 0.907. The molecular weight excluding hydrogens is 310 g/mol. The summed E-state index contributed by atoms with van der Waals surface area (Å²) < 4.78 is 0. The summed E-state index contributed by atoms with van der Waals surface area (Å²) in [6, 6.07) is 9.67. The van der Waals surface area contributed by atoms with Crippen LogP contribution in [0.1, 0.15) is 42.4 Å². The molecule has 5 heteroatoms. The number of H-pyrrole nitrogens is 1. The second-order valence-corrected chi connectivity index (χ2v) is 7.32. The van der Waals surface area contributed by atoms with Crippen molar-refractivity contribution in [1.29, 1.82) is 0 Å². The number of anilines is 1. The van der Waals surface area contributed by atoms with E-state index in [1.807, 2.05) is 13.1 Å². The van der Waals surface area contributed by atoms with Gasteiger partial charge in [-0.05, 0) is 57.5 Å². The molecule has 1 unspecified atom stereocenters. The number of aromatic amines is 1. The molecule has 2 aromatic heterocycles. The Bertz CT molecular complexity index is 912. The van der Waals surface area contributed by atoms with Gasteiger partial charge in [0.2, 0.25) is 0 Å². The highest BCUT2D eigenvalue weighted by molar-refractivity contribution is 5.77. The van der Waals surface area contributed by atoms with Crippen LogP contribution in [0.4, 0.5) is 5.69 Å². The first-order valence-electron chi connectivity index (χ1n) is 8.91. The molecule has 0 spiro atoms. The molecule has 3 heterocycles. The van der Waals surface area contributed by atoms with Crippen LogP contribution in [-0.4, -0.2) is 32.9 Å². The van der Waals surface area contributed by atoms with Crippen LogP contribution in [0.3, 0.4) is 0 Å². The highest BCUT2D eigenvalue weighted by atomic mass is 15.1. The second kappa shape index (κ2) is 6.15. The van der Waals surface area contributed by atoms with Crippen LogP contribution >= 0.6 is 0 Å². The third-order valence-corrected chi connectivity index (χ3v) is 5.15. The Balaban J connectivity index is 1.60. The van der Waals surface area contributed by atoms with Crippen molar-refractivity contribution in [2.24, 2.45) is 0 Å². The van der Waals surface area contributed by atoms with Crippen molar-refractivity contribution in [3.63, 3.8) is 0 Å². The van der Waals surface area contributed by atoms with Crippen molar-refractivity contribution in [2.45, 2.75) is 45.8 Å². The molecular formula is C20H25N5. The summed E-state index contributed by atoms with van der Waals surface area (Å²) in [6.07, 6.45) is 2.85. The topological polar surface area (TPSA) is 56.8 Å². The van der Waals surface area contributed by atoms with Crippen molar-refractivity contribution in [1.82, 2.24) is 19.9 Å². The van der Waals surface area contributed by atoms with Crippen LogP contribution in [0, 0.1) is 6.92 Å². The third kappa shape index (κ3) is 3.00. The van der Waals surface area contributed by atoms with Crippen LogP contribution in [0.25, 0.3) is 11.2 Å². The fourth-order valence-corrected chi connectivity index (χ4v) is 3.50. The number of nitrogens with zero attached hydrogens (tertiary/aromatic N) is 3. The maximum Gasteiger partial charge on any atom is 0.157 e. The van der Waals surface area contributed by atoms with Crippen LogP contribution in [-0.2, 0) is 13.0 Å². The fourth-order valence-electron chi connectivity index (χ4n) is 3.50. The Labute approximate surface area is 148 Å². The Morgan fingerprint density at radius 2 is 2.12 bits per heavy atom. The molecule has 3 aromatic rings. The van der Waals surface area contributed by atoms with Crippen LogP contribution in [0.5, 0.6) is 0 Å². The Kier molecular flexibility index (Phi) is 3.96. The lowest BCUT2D eigenvalue weighted by molar-refractivity contribution is 0.266. The molecule has 1 aliphatic heterocycles. The molecule has 0 amide bonds. The average molecular weight is 335 g/mol. The van der Waals surface area contributed by atoms with Crippen molar-refractivity contribution < 1.29 is 0 Å². The first-order chi connectivity index (χ1) is 12.0. The molecule has 0 radical (unpaired) electrons. The van der Waals surface area contributed by atoms with E-state index >= 15 is 0 Å². The second-order valence-electron chi connectivity index (χ2n) is 7.32. The normalized spacial score (nSPS) is 16.6. The summed E-state index contributed by atoms with van der Waals surface area (Å²) in [5, 5.41) is 3.66. The predicted molar refractivity (Wildman–Crippen MR) is 102 cm³/mol. The smallest absolute Gasteiger partial charge is 0.157 e. The molecule has 0 saturated carbocycles. The lowest BCUT2D eigenvalue weighted by atomic mass is 10.0. The number of imidazole rings is 1. The van der Waals surface area contributed by atoms with Crippen molar-refractivity contribution in [2.75, 3.05) is 12.4 Å². The average Bonchev–Trinajstić information content (AvgIpc) is 3.15. The lowest BCUT2D eigenvalue weighted by Gasteiger charge is -2.21. The molecule has 1 aliphatic rings. The zero-order valence-electron chi connectivity index (χ0n) is 15.3. The summed E-state index contributed by atoms with van der Waals surface area (Å²) >= 11 is 0. The van der Waals surface area contributed by atoms with E-state index in [1.54, 1.807) is 0 Å². The SMILES string of the molecule is Cc1nc2c(C3Cc4cc(CN(C)C(C)C)ccc4N3)ccnc2[nH]1. The maximum absolute atomic E-state index is 4.63. The van der Waals surface area contributed by atoms with Gasteiger partial charge in [-0.15, -0.1) is 0 Å². The number of aromatic nitrogens is 3. The first kappa shape index (κ1) is 16.1. The Morgan fingerprint density at radius 1 is 1.28 bits per heavy atom. The van der Waals surface area contributed by atoms with E-state index in [2.05, 4.69) is 70.3 Å². The summed E-state index contributed by atoms with van der Waals surface area (Å²) in [6.45, 7) is 7.41. The number of benzene rings is 1. The Morgan fingerprint density at radius 3 is 2.92 bits per heavy atom. The molecule has 4 rings (SSSR count). The largest absolute Gasteiger partial charge is 0.378 e. The molecule has 0 fully saturated rings. The van der Waals surface area contributed by atoms with Crippen molar-refractivity contribution >= 4 is 16.9 Å². The summed E-state index contributed by atoms with van der Waals surface area (Å²) in [4.78, 5) is 14.6. The minimum absolute atomic E-state index is 0.251. The van der Waals surface area contributed by atoms with Gasteiger partial charge in [0.05, 0.1) is 6.04 Å². The van der Waals surface area contributed by atoms with Crippen LogP contribution in [0.2, 0.25) is 0 Å². The minimum Gasteiger partial charge on any atom is -0.378 e. The molecule has 1 aromatic carbocycles. The van der Waals surface area contributed by atoms with Gasteiger partial charge in [0.15, 0.2) is 5.65 Å². The van der Waals surface area contributed by atoms with Gasteiger partial charge in [0, 0.05) is 30.0 Å². The molecule has 2 N–H and O–H groups in total. The quantitative estimate of drug-likeness (QED) is 0.761. The molecule has 0 saturated heterocycles. The third-order valence-electron chi connectivity index (χ3n) is 5.15. The van der Waals surface area contributed by atoms with Gasteiger partial charge >= 0.3 is 0 Å². The van der Waals surface area contributed by atoms with E-state index in [1.165, 1.54) is 22.4 Å². The molecule has 130 valence electrons. The van der Waals surface area contributed by atoms with Gasteiger partial charge in [0.1, 0.15) is 11.3 Å². The monoisotopic (exact) mass is 335 g/mol. The van der Waals surface area contributed by atoms with Gasteiger partial charge < -0.3 is 10.3 Å². The van der Waals surface area contributed by atoms with Gasteiger partial charge in [-0.3, -0.25) is 4.90 Å². The van der Waals surface area contributed by atoms with E-state index in [0.717, 1.165) is 30.0 Å². The van der Waals surface area contributed by atoms with Gasteiger partial charge in [-0.2, -0.15) is 0 Å². The number of fused-ring (bicyclic) bond motifs is 2. The van der Waals surface area contributed by atoms with E-state index < -0.39 is 0 Å². The lowest BCUT2D eigenvalue weighted by Crippen LogP contribution is -2.25. The number of nitrogens with one attached hydrogen (secondary N) is 2. The number of hydrogen-bond donors (Lipinski definition) is 2. The number of rotatable bonds is 4. The molecule has 25 heavy (non-hydrogen) atoms. The van der Waals surface area contributed by atoms with Gasteiger partial charge in [-0.25, -0.2) is 9.97 Å². The van der Waals surface area contributed by atoms with Crippen molar-refractivity contribution in [3.8, 4) is 0 Å². The van der Waals surface area contributed by atoms with Gasteiger partial charge in [-0.1, -0.05) is 12.1 Å². The molecule has 0 aliphatic carbocycles. The highest BCUT2D eigenvalue weighted by Crippen LogP contribution is 2.36. The molecule has 1 atom stereocenters. The Hall–Kier alpha value is -2.40. The standard InChI is InChI=1S/C20H25N5/c1-12(2)25(4)11-14-5-6-17-15(9-14)10-18(24-17)16-7-8-21-20-19(16)22-13(3)23-20/h5-9,12,18,24H,10-11H2,1-4H3,(H,21,22,23). The highest BCUT2D eigenvalue weighted by Gasteiger charge is 2.25. The zero-order valence-corrected chi connectivity index (χ0v) is 15.3. The zero-order chi connectivity index (χ0) is 17.6. The predicted octanol–water partition coefficient (Wildman–Crippen LogP) is 3.82. The minimum atomic E-state index is 0.251. The van der Waals surface area contributed by atoms with E-state index in [0.29, 0.717) is 6.04 Å². The summed E-state index contributed by atoms with van der Waals surface area (Å²) in [5.41, 5.74) is 7.05. The van der Waals surface area contributed by atoms with Crippen molar-refractivity contribution in [3.05, 3.63) is 53.0 Å². The number of aryl methyl sites for hydroxylation is 1. The summed E-state index contributed by atoms with van der Waals surface area (Å²) in [7, 11) is 2.17. The number of hydrogen-bond acceptors (Lipinski definition) is 4.